The van der Waals surface area contributed by atoms with Crippen molar-refractivity contribution in [3.05, 3.63) is 82.9 Å². The van der Waals surface area contributed by atoms with E-state index in [9.17, 15) is 15.0 Å². The lowest BCUT2D eigenvalue weighted by Gasteiger charge is -2.36. The highest BCUT2D eigenvalue weighted by Gasteiger charge is 2.53. The van der Waals surface area contributed by atoms with Crippen LogP contribution in [0, 0.1) is 0 Å². The number of fused-ring (bicyclic) bond motifs is 6. The first-order chi connectivity index (χ1) is 12.1. The summed E-state index contributed by atoms with van der Waals surface area (Å²) < 4.78 is 11.7. The first kappa shape index (κ1) is 13.9. The third-order valence-electron chi connectivity index (χ3n) is 4.70. The fraction of sp³-hybridized carbons (Fsp3) is 0.0500. The molecular weight excluding hydrogens is 320 g/mol. The lowest BCUT2D eigenvalue weighted by atomic mass is 9.77. The number of rotatable bonds is 0. The summed E-state index contributed by atoms with van der Waals surface area (Å²) in [6, 6.07) is 16.7. The molecule has 0 saturated carbocycles. The predicted octanol–water partition coefficient (Wildman–Crippen LogP) is 3.67. The second kappa shape index (κ2) is 4.54. The van der Waals surface area contributed by atoms with Gasteiger partial charge < -0.3 is 19.7 Å². The second-order valence-electron chi connectivity index (χ2n) is 6.05. The Kier molecular flexibility index (Phi) is 2.53. The van der Waals surface area contributed by atoms with Gasteiger partial charge >= 0.3 is 5.97 Å². The second-order valence-corrected chi connectivity index (χ2v) is 6.05. The van der Waals surface area contributed by atoms with E-state index in [1.54, 1.807) is 30.3 Å². The van der Waals surface area contributed by atoms with E-state index < -0.39 is 11.6 Å². The molecule has 2 aliphatic rings. The fourth-order valence-corrected chi connectivity index (χ4v) is 3.67. The standard InChI is InChI=1S/C20H12O5/c21-11-8-9-14-17(10-11)24-18-15(6-3-7-16(18)22)20(14)13-5-2-1-4-12(13)19(23)25-20/h1-10,21-22H. The highest BCUT2D eigenvalue weighted by molar-refractivity contribution is 5.97. The summed E-state index contributed by atoms with van der Waals surface area (Å²) in [6.45, 7) is 0. The zero-order valence-electron chi connectivity index (χ0n) is 12.9. The van der Waals surface area contributed by atoms with Crippen molar-refractivity contribution in [3.8, 4) is 23.0 Å². The maximum absolute atomic E-state index is 12.5. The van der Waals surface area contributed by atoms with Crippen LogP contribution in [0.4, 0.5) is 0 Å². The van der Waals surface area contributed by atoms with E-state index in [2.05, 4.69) is 0 Å². The minimum Gasteiger partial charge on any atom is -0.508 e. The van der Waals surface area contributed by atoms with Crippen molar-refractivity contribution < 1.29 is 24.5 Å². The average Bonchev–Trinajstić information content (AvgIpc) is 2.90. The Morgan fingerprint density at radius 3 is 2.52 bits per heavy atom. The van der Waals surface area contributed by atoms with Gasteiger partial charge in [0.25, 0.3) is 0 Å². The fourth-order valence-electron chi connectivity index (χ4n) is 3.67. The van der Waals surface area contributed by atoms with Crippen molar-refractivity contribution in [2.75, 3.05) is 0 Å². The number of aromatic hydroxyl groups is 2. The van der Waals surface area contributed by atoms with E-state index >= 15 is 0 Å². The van der Waals surface area contributed by atoms with Crippen LogP contribution in [0.5, 0.6) is 23.0 Å². The van der Waals surface area contributed by atoms with E-state index in [-0.39, 0.29) is 17.2 Å². The molecule has 25 heavy (non-hydrogen) atoms. The Morgan fingerprint density at radius 1 is 0.840 bits per heavy atom. The number of ether oxygens (including phenoxy) is 2. The van der Waals surface area contributed by atoms with Crippen LogP contribution in [-0.4, -0.2) is 16.2 Å². The first-order valence-electron chi connectivity index (χ1n) is 7.78. The van der Waals surface area contributed by atoms with Crippen LogP contribution in [0.25, 0.3) is 0 Å². The molecule has 0 aromatic heterocycles. The number of carbonyl (C=O) groups excluding carboxylic acids is 1. The molecular formula is C20H12O5. The van der Waals surface area contributed by atoms with Crippen LogP contribution in [-0.2, 0) is 10.3 Å². The topological polar surface area (TPSA) is 76.0 Å². The van der Waals surface area contributed by atoms with Gasteiger partial charge in [-0.05, 0) is 24.3 Å². The van der Waals surface area contributed by atoms with Gasteiger partial charge in [0, 0.05) is 17.2 Å². The van der Waals surface area contributed by atoms with E-state index in [0.29, 0.717) is 28.0 Å². The summed E-state index contributed by atoms with van der Waals surface area (Å²) >= 11 is 0. The minimum atomic E-state index is -1.22. The molecule has 2 N–H and O–H groups in total. The normalized spacial score (nSPS) is 19.6. The van der Waals surface area contributed by atoms with Crippen LogP contribution >= 0.6 is 0 Å². The van der Waals surface area contributed by atoms with E-state index in [4.69, 9.17) is 9.47 Å². The summed E-state index contributed by atoms with van der Waals surface area (Å²) in [5.74, 6) is 0.0612. The van der Waals surface area contributed by atoms with Crippen molar-refractivity contribution in [1.82, 2.24) is 0 Å². The number of para-hydroxylation sites is 1. The number of benzene rings is 3. The third kappa shape index (κ3) is 1.64. The van der Waals surface area contributed by atoms with Gasteiger partial charge in [-0.3, -0.25) is 0 Å². The van der Waals surface area contributed by atoms with Crippen molar-refractivity contribution >= 4 is 5.97 Å². The molecule has 5 nitrogen and oxygen atoms in total. The van der Waals surface area contributed by atoms with Gasteiger partial charge in [0.2, 0.25) is 0 Å². The number of carbonyl (C=O) groups is 1. The molecule has 122 valence electrons. The number of phenols is 2. The highest BCUT2D eigenvalue weighted by Crippen LogP contribution is 2.58. The molecule has 3 aromatic carbocycles. The molecule has 1 unspecified atom stereocenters. The third-order valence-corrected chi connectivity index (χ3v) is 4.70. The maximum Gasteiger partial charge on any atom is 0.340 e. The monoisotopic (exact) mass is 332 g/mol. The molecule has 1 spiro atoms. The van der Waals surface area contributed by atoms with Gasteiger partial charge in [-0.15, -0.1) is 0 Å². The van der Waals surface area contributed by atoms with Gasteiger partial charge in [0.15, 0.2) is 17.1 Å². The first-order valence-corrected chi connectivity index (χ1v) is 7.78. The molecule has 0 saturated heterocycles. The van der Waals surface area contributed by atoms with Crippen LogP contribution in [0.3, 0.4) is 0 Å². The SMILES string of the molecule is O=C1OC2(c3ccc(O)cc3Oc3c(O)cccc32)c2ccccc21. The number of esters is 1. The smallest absolute Gasteiger partial charge is 0.340 e. The van der Waals surface area contributed by atoms with Crippen molar-refractivity contribution in [1.29, 1.82) is 0 Å². The Balaban J connectivity index is 1.93. The Bertz CT molecular complexity index is 1060. The molecule has 0 radical (unpaired) electrons. The highest BCUT2D eigenvalue weighted by atomic mass is 16.6. The van der Waals surface area contributed by atoms with E-state index in [1.165, 1.54) is 18.2 Å². The summed E-state index contributed by atoms with van der Waals surface area (Å²) in [5.41, 5.74) is 1.08. The number of hydrogen-bond donors (Lipinski definition) is 2. The van der Waals surface area contributed by atoms with Crippen LogP contribution in [0.15, 0.2) is 60.7 Å². The molecule has 2 aliphatic heterocycles. The van der Waals surface area contributed by atoms with Crippen molar-refractivity contribution in [2.45, 2.75) is 5.60 Å². The molecule has 1 atom stereocenters. The lowest BCUT2D eigenvalue weighted by molar-refractivity contribution is 0.0222. The van der Waals surface area contributed by atoms with E-state index in [1.807, 2.05) is 12.1 Å². The Morgan fingerprint density at radius 2 is 1.64 bits per heavy atom. The Hall–Kier alpha value is -3.47. The zero-order chi connectivity index (χ0) is 17.2. The van der Waals surface area contributed by atoms with Gasteiger partial charge in [-0.2, -0.15) is 0 Å². The van der Waals surface area contributed by atoms with Crippen molar-refractivity contribution in [2.24, 2.45) is 0 Å². The number of phenolic OH excluding ortho intramolecular Hbond substituents is 2. The van der Waals surface area contributed by atoms with Crippen molar-refractivity contribution in [3.63, 3.8) is 0 Å². The lowest BCUT2D eigenvalue weighted by Crippen LogP contribution is -2.32. The van der Waals surface area contributed by atoms with Gasteiger partial charge in [-0.25, -0.2) is 4.79 Å². The molecule has 0 bridgehead atoms. The largest absolute Gasteiger partial charge is 0.508 e. The van der Waals surface area contributed by atoms with Crippen LogP contribution < -0.4 is 4.74 Å². The summed E-state index contributed by atoms with van der Waals surface area (Å²) in [5, 5.41) is 20.1. The summed E-state index contributed by atoms with van der Waals surface area (Å²) in [4.78, 5) is 12.5. The molecule has 0 amide bonds. The van der Waals surface area contributed by atoms with Gasteiger partial charge in [-0.1, -0.05) is 30.3 Å². The minimum absolute atomic E-state index is 0.0189. The quantitative estimate of drug-likeness (QED) is 0.614. The van der Waals surface area contributed by atoms with Crippen LogP contribution in [0.1, 0.15) is 27.0 Å². The summed E-state index contributed by atoms with van der Waals surface area (Å²) in [6.07, 6.45) is 0. The van der Waals surface area contributed by atoms with Gasteiger partial charge in [0.05, 0.1) is 11.1 Å². The molecule has 5 rings (SSSR count). The van der Waals surface area contributed by atoms with E-state index in [0.717, 1.165) is 0 Å². The maximum atomic E-state index is 12.5. The predicted molar refractivity (Wildman–Crippen MR) is 88.0 cm³/mol. The molecule has 0 fully saturated rings. The molecule has 3 aromatic rings. The summed E-state index contributed by atoms with van der Waals surface area (Å²) in [7, 11) is 0. The van der Waals surface area contributed by atoms with Gasteiger partial charge in [0.1, 0.15) is 11.5 Å². The molecule has 0 aliphatic carbocycles. The Labute approximate surface area is 142 Å². The number of hydrogen-bond acceptors (Lipinski definition) is 5. The average molecular weight is 332 g/mol. The molecule has 5 heteroatoms. The molecule has 2 heterocycles. The van der Waals surface area contributed by atoms with Crippen LogP contribution in [0.2, 0.25) is 0 Å². The zero-order valence-corrected chi connectivity index (χ0v) is 12.9.